The number of aromatic nitrogens is 2. The van der Waals surface area contributed by atoms with Gasteiger partial charge in [0, 0.05) is 25.7 Å². The molecule has 0 N–H and O–H groups in total. The molecule has 0 saturated carbocycles. The number of fused-ring (bicyclic) bond motifs is 3. The van der Waals surface area contributed by atoms with Crippen molar-refractivity contribution in [2.24, 2.45) is 0 Å². The second-order valence-corrected chi connectivity index (χ2v) is 4.46. The number of hydrogen-bond donors (Lipinski definition) is 0. The Hall–Kier alpha value is -1.35. The molecule has 84 valence electrons. The first kappa shape index (κ1) is 9.85. The van der Waals surface area contributed by atoms with Crippen molar-refractivity contribution in [2.75, 3.05) is 13.1 Å². The normalized spacial score (nSPS) is 16.6. The van der Waals surface area contributed by atoms with Crippen LogP contribution >= 0.6 is 0 Å². The molecule has 0 aliphatic carbocycles. The summed E-state index contributed by atoms with van der Waals surface area (Å²) >= 11 is 0. The fourth-order valence-corrected chi connectivity index (χ4v) is 2.52. The van der Waals surface area contributed by atoms with Gasteiger partial charge in [-0.1, -0.05) is 13.0 Å². The van der Waals surface area contributed by atoms with E-state index >= 15 is 0 Å². The Labute approximate surface area is 95.7 Å². The van der Waals surface area contributed by atoms with Crippen LogP contribution in [0.15, 0.2) is 24.4 Å². The van der Waals surface area contributed by atoms with E-state index in [0.717, 1.165) is 25.2 Å². The van der Waals surface area contributed by atoms with Gasteiger partial charge in [-0.15, -0.1) is 0 Å². The zero-order valence-electron chi connectivity index (χ0n) is 9.69. The predicted molar refractivity (Wildman–Crippen MR) is 64.5 cm³/mol. The number of imidazole rings is 1. The van der Waals surface area contributed by atoms with Crippen LogP contribution in [-0.2, 0) is 13.0 Å². The average molecular weight is 215 g/mol. The standard InChI is InChI=1S/C13H17N3/c1-2-7-15-9-6-11-12(10-15)16-8-4-3-5-13(16)14-11/h3-5,8H,2,6-7,9-10H2,1H3. The fourth-order valence-electron chi connectivity index (χ4n) is 2.52. The lowest BCUT2D eigenvalue weighted by atomic mass is 10.1. The van der Waals surface area contributed by atoms with Gasteiger partial charge in [-0.05, 0) is 25.1 Å². The van der Waals surface area contributed by atoms with Gasteiger partial charge in [0.05, 0.1) is 11.4 Å². The highest BCUT2D eigenvalue weighted by molar-refractivity contribution is 5.43. The van der Waals surface area contributed by atoms with Gasteiger partial charge in [-0.3, -0.25) is 4.90 Å². The third-order valence-electron chi connectivity index (χ3n) is 3.29. The minimum atomic E-state index is 1.05. The lowest BCUT2D eigenvalue weighted by Gasteiger charge is -2.25. The van der Waals surface area contributed by atoms with Crippen LogP contribution in [0.1, 0.15) is 24.7 Å². The molecular weight excluding hydrogens is 198 g/mol. The van der Waals surface area contributed by atoms with E-state index in [1.54, 1.807) is 0 Å². The van der Waals surface area contributed by atoms with Gasteiger partial charge in [0.1, 0.15) is 5.65 Å². The topological polar surface area (TPSA) is 20.5 Å². The second kappa shape index (κ2) is 3.91. The van der Waals surface area contributed by atoms with Crippen molar-refractivity contribution < 1.29 is 0 Å². The Morgan fingerprint density at radius 3 is 3.19 bits per heavy atom. The molecule has 1 aliphatic rings. The molecule has 0 bridgehead atoms. The molecule has 0 fully saturated rings. The van der Waals surface area contributed by atoms with Gasteiger partial charge >= 0.3 is 0 Å². The van der Waals surface area contributed by atoms with Crippen LogP contribution in [0.3, 0.4) is 0 Å². The maximum Gasteiger partial charge on any atom is 0.137 e. The summed E-state index contributed by atoms with van der Waals surface area (Å²) in [5, 5.41) is 0. The summed E-state index contributed by atoms with van der Waals surface area (Å²) in [6, 6.07) is 6.22. The summed E-state index contributed by atoms with van der Waals surface area (Å²) in [6.07, 6.45) is 4.44. The van der Waals surface area contributed by atoms with Crippen LogP contribution in [0, 0.1) is 0 Å². The highest BCUT2D eigenvalue weighted by Crippen LogP contribution is 2.20. The monoisotopic (exact) mass is 215 g/mol. The number of hydrogen-bond acceptors (Lipinski definition) is 2. The van der Waals surface area contributed by atoms with Crippen LogP contribution in [0.4, 0.5) is 0 Å². The van der Waals surface area contributed by atoms with Crippen LogP contribution in [0.2, 0.25) is 0 Å². The molecular formula is C13H17N3. The minimum absolute atomic E-state index is 1.05. The lowest BCUT2D eigenvalue weighted by molar-refractivity contribution is 0.249. The molecule has 3 heterocycles. The van der Waals surface area contributed by atoms with E-state index in [9.17, 15) is 0 Å². The maximum atomic E-state index is 4.68. The zero-order valence-corrected chi connectivity index (χ0v) is 9.69. The molecule has 16 heavy (non-hydrogen) atoms. The van der Waals surface area contributed by atoms with Gasteiger partial charge < -0.3 is 4.40 Å². The van der Waals surface area contributed by atoms with E-state index in [2.05, 4.69) is 45.6 Å². The Morgan fingerprint density at radius 2 is 2.31 bits per heavy atom. The molecule has 3 nitrogen and oxygen atoms in total. The highest BCUT2D eigenvalue weighted by Gasteiger charge is 2.20. The molecule has 2 aromatic rings. The molecule has 0 atom stereocenters. The lowest BCUT2D eigenvalue weighted by Crippen LogP contribution is -2.31. The van der Waals surface area contributed by atoms with E-state index in [1.165, 1.54) is 24.4 Å². The van der Waals surface area contributed by atoms with E-state index in [-0.39, 0.29) is 0 Å². The van der Waals surface area contributed by atoms with Gasteiger partial charge in [-0.2, -0.15) is 0 Å². The molecule has 0 amide bonds. The molecule has 0 radical (unpaired) electrons. The van der Waals surface area contributed by atoms with Crippen molar-refractivity contribution in [3.63, 3.8) is 0 Å². The van der Waals surface area contributed by atoms with E-state index in [4.69, 9.17) is 0 Å². The smallest absolute Gasteiger partial charge is 0.137 e. The molecule has 3 rings (SSSR count). The Morgan fingerprint density at radius 1 is 1.38 bits per heavy atom. The SMILES string of the molecule is CCCN1CCc2nc3ccccn3c2C1. The second-order valence-electron chi connectivity index (χ2n) is 4.46. The van der Waals surface area contributed by atoms with E-state index in [0.29, 0.717) is 0 Å². The summed E-state index contributed by atoms with van der Waals surface area (Å²) in [5.41, 5.74) is 3.76. The number of rotatable bonds is 2. The molecule has 0 unspecified atom stereocenters. The average Bonchev–Trinajstić information content (AvgIpc) is 2.68. The molecule has 1 aliphatic heterocycles. The summed E-state index contributed by atoms with van der Waals surface area (Å²) in [5.74, 6) is 0. The zero-order chi connectivity index (χ0) is 11.0. The molecule has 3 heteroatoms. The summed E-state index contributed by atoms with van der Waals surface area (Å²) in [4.78, 5) is 7.20. The Bertz CT molecular complexity index is 501. The van der Waals surface area contributed by atoms with Crippen LogP contribution in [0.25, 0.3) is 5.65 Å². The first-order chi connectivity index (χ1) is 7.88. The first-order valence-electron chi connectivity index (χ1n) is 6.05. The van der Waals surface area contributed by atoms with Crippen molar-refractivity contribution in [2.45, 2.75) is 26.3 Å². The summed E-state index contributed by atoms with van der Waals surface area (Å²) < 4.78 is 2.23. The third-order valence-corrected chi connectivity index (χ3v) is 3.29. The van der Waals surface area contributed by atoms with Crippen molar-refractivity contribution in [1.82, 2.24) is 14.3 Å². The Balaban J connectivity index is 2.01. The van der Waals surface area contributed by atoms with Crippen molar-refractivity contribution >= 4 is 5.65 Å². The quantitative estimate of drug-likeness (QED) is 0.764. The van der Waals surface area contributed by atoms with Crippen molar-refractivity contribution in [1.29, 1.82) is 0 Å². The largest absolute Gasteiger partial charge is 0.302 e. The Kier molecular flexibility index (Phi) is 2.40. The fraction of sp³-hybridized carbons (Fsp3) is 0.462. The van der Waals surface area contributed by atoms with Crippen LogP contribution < -0.4 is 0 Å². The molecule has 0 spiro atoms. The van der Waals surface area contributed by atoms with Crippen LogP contribution in [0.5, 0.6) is 0 Å². The van der Waals surface area contributed by atoms with Gasteiger partial charge in [0.25, 0.3) is 0 Å². The molecule has 2 aromatic heterocycles. The van der Waals surface area contributed by atoms with E-state index < -0.39 is 0 Å². The minimum Gasteiger partial charge on any atom is -0.302 e. The molecule has 0 aromatic carbocycles. The van der Waals surface area contributed by atoms with Crippen LogP contribution in [-0.4, -0.2) is 27.4 Å². The van der Waals surface area contributed by atoms with Gasteiger partial charge in [0.2, 0.25) is 0 Å². The summed E-state index contributed by atoms with van der Waals surface area (Å²) in [7, 11) is 0. The molecule has 0 saturated heterocycles. The van der Waals surface area contributed by atoms with Gasteiger partial charge in [-0.25, -0.2) is 4.98 Å². The first-order valence-corrected chi connectivity index (χ1v) is 6.05. The van der Waals surface area contributed by atoms with E-state index in [1.807, 2.05) is 0 Å². The third kappa shape index (κ3) is 1.52. The van der Waals surface area contributed by atoms with Gasteiger partial charge in [0.15, 0.2) is 0 Å². The highest BCUT2D eigenvalue weighted by atomic mass is 15.2. The number of nitrogens with zero attached hydrogens (tertiary/aromatic N) is 3. The maximum absolute atomic E-state index is 4.68. The van der Waals surface area contributed by atoms with Crippen molar-refractivity contribution in [3.05, 3.63) is 35.8 Å². The predicted octanol–water partition coefficient (Wildman–Crippen LogP) is 2.10. The summed E-state index contributed by atoms with van der Waals surface area (Å²) in [6.45, 7) is 5.64. The number of pyridine rings is 1. The van der Waals surface area contributed by atoms with Crippen molar-refractivity contribution in [3.8, 4) is 0 Å².